The molecule has 0 radical (unpaired) electrons. The first-order chi connectivity index (χ1) is 9.97. The molecule has 6 nitrogen and oxygen atoms in total. The predicted octanol–water partition coefficient (Wildman–Crippen LogP) is 2.00. The van der Waals surface area contributed by atoms with Gasteiger partial charge in [-0.1, -0.05) is 6.92 Å². The van der Waals surface area contributed by atoms with E-state index in [1.54, 1.807) is 19.3 Å². The molecule has 6 heteroatoms. The van der Waals surface area contributed by atoms with Gasteiger partial charge in [0.2, 0.25) is 0 Å². The fraction of sp³-hybridized carbons (Fsp3) is 0.333. The van der Waals surface area contributed by atoms with Crippen molar-refractivity contribution in [3.8, 4) is 11.4 Å². The molecule has 2 aromatic rings. The highest BCUT2D eigenvalue weighted by Crippen LogP contribution is 2.19. The minimum atomic E-state index is -0.818. The van der Waals surface area contributed by atoms with Crippen LogP contribution in [0.15, 0.2) is 30.6 Å². The van der Waals surface area contributed by atoms with Gasteiger partial charge in [0, 0.05) is 43.3 Å². The number of anilines is 1. The van der Waals surface area contributed by atoms with Crippen LogP contribution in [0.25, 0.3) is 11.4 Å². The number of carbonyl (C=O) groups is 1. The third kappa shape index (κ3) is 3.75. The SMILES string of the molecule is Cc1cc(N(C)CC(C)C(=O)O)nc(-c2ccncc2)n1. The number of aryl methyl sites for hydroxylation is 1. The summed E-state index contributed by atoms with van der Waals surface area (Å²) in [5.41, 5.74) is 1.72. The minimum Gasteiger partial charge on any atom is -0.481 e. The summed E-state index contributed by atoms with van der Waals surface area (Å²) >= 11 is 0. The molecule has 0 aliphatic carbocycles. The van der Waals surface area contributed by atoms with Gasteiger partial charge in [0.25, 0.3) is 0 Å². The summed E-state index contributed by atoms with van der Waals surface area (Å²) in [6.07, 6.45) is 3.38. The standard InChI is InChI=1S/C15H18N4O2/c1-10(15(20)21)9-19(3)13-8-11(2)17-14(18-13)12-4-6-16-7-5-12/h4-8,10H,9H2,1-3H3,(H,20,21). The van der Waals surface area contributed by atoms with Crippen molar-refractivity contribution in [2.45, 2.75) is 13.8 Å². The van der Waals surface area contributed by atoms with Gasteiger partial charge in [-0.25, -0.2) is 9.97 Å². The molecule has 0 saturated carbocycles. The van der Waals surface area contributed by atoms with Crippen molar-refractivity contribution in [2.75, 3.05) is 18.5 Å². The number of carboxylic acid groups (broad SMARTS) is 1. The topological polar surface area (TPSA) is 79.2 Å². The Morgan fingerprint density at radius 1 is 1.33 bits per heavy atom. The molecule has 0 aromatic carbocycles. The monoisotopic (exact) mass is 286 g/mol. The molecule has 2 aromatic heterocycles. The van der Waals surface area contributed by atoms with Crippen LogP contribution < -0.4 is 4.90 Å². The zero-order valence-corrected chi connectivity index (χ0v) is 12.3. The minimum absolute atomic E-state index is 0.390. The van der Waals surface area contributed by atoms with Crippen LogP contribution in [0.1, 0.15) is 12.6 Å². The quantitative estimate of drug-likeness (QED) is 0.905. The smallest absolute Gasteiger partial charge is 0.308 e. The summed E-state index contributed by atoms with van der Waals surface area (Å²) in [7, 11) is 1.83. The summed E-state index contributed by atoms with van der Waals surface area (Å²) < 4.78 is 0. The first-order valence-corrected chi connectivity index (χ1v) is 6.67. The van der Waals surface area contributed by atoms with Gasteiger partial charge in [-0.05, 0) is 19.1 Å². The zero-order chi connectivity index (χ0) is 15.4. The van der Waals surface area contributed by atoms with Gasteiger partial charge in [0.05, 0.1) is 5.92 Å². The van der Waals surface area contributed by atoms with Crippen molar-refractivity contribution in [3.63, 3.8) is 0 Å². The summed E-state index contributed by atoms with van der Waals surface area (Å²) in [6, 6.07) is 5.54. The second-order valence-electron chi connectivity index (χ2n) is 5.05. The number of nitrogens with zero attached hydrogens (tertiary/aromatic N) is 4. The van der Waals surface area contributed by atoms with E-state index in [1.807, 2.05) is 37.1 Å². The Morgan fingerprint density at radius 3 is 2.62 bits per heavy atom. The molecule has 0 bridgehead atoms. The maximum atomic E-state index is 11.0. The number of carboxylic acids is 1. The van der Waals surface area contributed by atoms with Crippen molar-refractivity contribution < 1.29 is 9.90 Å². The van der Waals surface area contributed by atoms with Crippen LogP contribution in [0, 0.1) is 12.8 Å². The molecular formula is C15H18N4O2. The molecule has 0 spiro atoms. The van der Waals surface area contributed by atoms with Gasteiger partial charge in [0.15, 0.2) is 5.82 Å². The largest absolute Gasteiger partial charge is 0.481 e. The molecule has 110 valence electrons. The number of aliphatic carboxylic acids is 1. The Kier molecular flexibility index (Phi) is 4.47. The van der Waals surface area contributed by atoms with Crippen LogP contribution in [-0.2, 0) is 4.79 Å². The van der Waals surface area contributed by atoms with Gasteiger partial charge in [-0.15, -0.1) is 0 Å². The Balaban J connectivity index is 2.29. The van der Waals surface area contributed by atoms with E-state index >= 15 is 0 Å². The van der Waals surface area contributed by atoms with Crippen molar-refractivity contribution in [3.05, 3.63) is 36.3 Å². The maximum absolute atomic E-state index is 11.0. The van der Waals surface area contributed by atoms with Crippen LogP contribution in [0.5, 0.6) is 0 Å². The lowest BCUT2D eigenvalue weighted by atomic mass is 10.2. The average molecular weight is 286 g/mol. The number of pyridine rings is 1. The summed E-state index contributed by atoms with van der Waals surface area (Å²) in [5, 5.41) is 9.00. The van der Waals surface area contributed by atoms with Crippen molar-refractivity contribution in [1.82, 2.24) is 15.0 Å². The van der Waals surface area contributed by atoms with Gasteiger partial charge in [0.1, 0.15) is 5.82 Å². The van der Waals surface area contributed by atoms with Crippen LogP contribution in [0.2, 0.25) is 0 Å². The molecule has 0 aliphatic rings. The summed E-state index contributed by atoms with van der Waals surface area (Å²) in [5.74, 6) is 0.0428. The predicted molar refractivity (Wildman–Crippen MR) is 80.1 cm³/mol. The molecule has 0 aliphatic heterocycles. The molecular weight excluding hydrogens is 268 g/mol. The van der Waals surface area contributed by atoms with Crippen LogP contribution >= 0.6 is 0 Å². The lowest BCUT2D eigenvalue weighted by Crippen LogP contribution is -2.29. The maximum Gasteiger partial charge on any atom is 0.308 e. The summed E-state index contributed by atoms with van der Waals surface area (Å²) in [6.45, 7) is 3.96. The van der Waals surface area contributed by atoms with E-state index in [0.717, 1.165) is 11.3 Å². The highest BCUT2D eigenvalue weighted by Gasteiger charge is 2.16. The Labute approximate surface area is 123 Å². The zero-order valence-electron chi connectivity index (χ0n) is 12.3. The van der Waals surface area contributed by atoms with E-state index in [4.69, 9.17) is 5.11 Å². The number of hydrogen-bond donors (Lipinski definition) is 1. The molecule has 0 fully saturated rings. The second-order valence-corrected chi connectivity index (χ2v) is 5.05. The Morgan fingerprint density at radius 2 is 2.00 bits per heavy atom. The van der Waals surface area contributed by atoms with Crippen LogP contribution in [0.4, 0.5) is 5.82 Å². The fourth-order valence-corrected chi connectivity index (χ4v) is 1.96. The van der Waals surface area contributed by atoms with E-state index < -0.39 is 11.9 Å². The lowest BCUT2D eigenvalue weighted by Gasteiger charge is -2.21. The Bertz CT molecular complexity index is 631. The molecule has 21 heavy (non-hydrogen) atoms. The molecule has 2 rings (SSSR count). The normalized spacial score (nSPS) is 12.0. The molecule has 0 amide bonds. The van der Waals surface area contributed by atoms with Crippen molar-refractivity contribution >= 4 is 11.8 Å². The third-order valence-corrected chi connectivity index (χ3v) is 3.14. The summed E-state index contributed by atoms with van der Waals surface area (Å²) in [4.78, 5) is 25.7. The van der Waals surface area contributed by atoms with Crippen molar-refractivity contribution in [2.24, 2.45) is 5.92 Å². The van der Waals surface area contributed by atoms with E-state index in [-0.39, 0.29) is 0 Å². The van der Waals surface area contributed by atoms with Gasteiger partial charge in [-0.2, -0.15) is 0 Å². The van der Waals surface area contributed by atoms with Crippen molar-refractivity contribution in [1.29, 1.82) is 0 Å². The fourth-order valence-electron chi connectivity index (χ4n) is 1.96. The molecule has 2 heterocycles. The number of aromatic nitrogens is 3. The highest BCUT2D eigenvalue weighted by atomic mass is 16.4. The second kappa shape index (κ2) is 6.30. The Hall–Kier alpha value is -2.50. The highest BCUT2D eigenvalue weighted by molar-refractivity contribution is 5.70. The van der Waals surface area contributed by atoms with E-state index in [2.05, 4.69) is 15.0 Å². The lowest BCUT2D eigenvalue weighted by molar-refractivity contribution is -0.140. The van der Waals surface area contributed by atoms with Crippen LogP contribution in [0.3, 0.4) is 0 Å². The van der Waals surface area contributed by atoms with Crippen LogP contribution in [-0.4, -0.2) is 39.6 Å². The van der Waals surface area contributed by atoms with E-state index in [9.17, 15) is 4.79 Å². The van der Waals surface area contributed by atoms with E-state index in [0.29, 0.717) is 18.2 Å². The first-order valence-electron chi connectivity index (χ1n) is 6.67. The third-order valence-electron chi connectivity index (χ3n) is 3.14. The van der Waals surface area contributed by atoms with Gasteiger partial charge in [-0.3, -0.25) is 9.78 Å². The van der Waals surface area contributed by atoms with Gasteiger partial charge >= 0.3 is 5.97 Å². The number of rotatable bonds is 5. The molecule has 1 atom stereocenters. The first kappa shape index (κ1) is 14.9. The molecule has 1 N–H and O–H groups in total. The molecule has 0 saturated heterocycles. The average Bonchev–Trinajstić information content (AvgIpc) is 2.47. The molecule has 1 unspecified atom stereocenters. The van der Waals surface area contributed by atoms with Gasteiger partial charge < -0.3 is 10.0 Å². The number of hydrogen-bond acceptors (Lipinski definition) is 5. The van der Waals surface area contributed by atoms with E-state index in [1.165, 1.54) is 0 Å².